The van der Waals surface area contributed by atoms with E-state index < -0.39 is 6.23 Å². The molecule has 1 atom stereocenters. The van der Waals surface area contributed by atoms with Gasteiger partial charge in [0.25, 0.3) is 0 Å². The van der Waals surface area contributed by atoms with Crippen molar-refractivity contribution in [2.75, 3.05) is 80.1 Å². The molecule has 0 aliphatic carbocycles. The van der Waals surface area contributed by atoms with Crippen molar-refractivity contribution >= 4 is 56.6 Å². The van der Waals surface area contributed by atoms with Crippen LogP contribution in [0.1, 0.15) is 37.8 Å². The molecule has 0 fully saturated rings. The Bertz CT molecular complexity index is 2410. The Kier molecular flexibility index (Phi) is 16.1. The average molecular weight is 839 g/mol. The minimum Gasteiger partial charge on any atom is -0.378 e. The van der Waals surface area contributed by atoms with Crippen LogP contribution in [0.25, 0.3) is 27.8 Å². The number of hydrogen-bond donors (Lipinski definition) is 7. The van der Waals surface area contributed by atoms with Crippen LogP contribution in [0.5, 0.6) is 0 Å². The zero-order valence-electron chi connectivity index (χ0n) is 36.2. The number of hydrazine groups is 1. The smallest absolute Gasteiger partial charge is 0.239 e. The fourth-order valence-corrected chi connectivity index (χ4v) is 7.43. The molecule has 1 aromatic heterocycles. The molecule has 0 radical (unpaired) electrons. The lowest BCUT2D eigenvalue weighted by atomic mass is 10.1. The molecule has 0 saturated carbocycles. The summed E-state index contributed by atoms with van der Waals surface area (Å²) in [5.74, 6) is 5.42. The number of nitrogens with two attached hydrogens (primary N) is 1. The minimum absolute atomic E-state index is 0.0281. The molecular formula is C47H60N13O2+. The van der Waals surface area contributed by atoms with Crippen molar-refractivity contribution in [2.24, 2.45) is 16.1 Å². The maximum atomic E-state index is 12.5. The first-order chi connectivity index (χ1) is 30.2. The molecule has 6 aromatic rings. The first kappa shape index (κ1) is 44.9. The monoisotopic (exact) mass is 838 g/mol. The zero-order chi connectivity index (χ0) is 43.8. The molecule has 1 unspecified atom stereocenters. The second-order valence-corrected chi connectivity index (χ2v) is 15.1. The predicted octanol–water partition coefficient (Wildman–Crippen LogP) is 5.70. The van der Waals surface area contributed by atoms with E-state index in [1.54, 1.807) is 12.1 Å². The molecule has 8 N–H and O–H groups in total. The van der Waals surface area contributed by atoms with Crippen LogP contribution in [0.15, 0.2) is 125 Å². The standard InChI is InChI=1S/C47H59N13O2/c1-5-59(6-2)40-23-25-42-44(33-40)60(39-11-8-7-9-12-39)43-32-36(18-24-41(43)53-42)56-58(4)38-21-19-37(20-22-38)57(3)30-10-13-45(61)51-28-26-50-27-29-52-46(62)31-34-14-16-35(17-15-34)47(54-48)55-49/h7-9,11-12,14-25,32-33,46,50,52,62H,5-6,10,13,26-31H2,1-4H3,(H4,48,49,51,61)/p+1. The van der Waals surface area contributed by atoms with Crippen molar-refractivity contribution in [1.82, 2.24) is 20.9 Å². The number of aliphatic hydroxyl groups excluding tert-OH is 1. The number of nitrogens with one attached hydrogen (secondary N) is 5. The summed E-state index contributed by atoms with van der Waals surface area (Å²) < 4.78 is 2.30. The number of benzene rings is 5. The van der Waals surface area contributed by atoms with Crippen LogP contribution in [0.2, 0.25) is 0 Å². The molecule has 0 aliphatic rings. The summed E-state index contributed by atoms with van der Waals surface area (Å²) >= 11 is 0. The van der Waals surface area contributed by atoms with Crippen molar-refractivity contribution in [1.29, 1.82) is 5.53 Å². The quantitative estimate of drug-likeness (QED) is 0.00515. The second kappa shape index (κ2) is 22.2. The SMILES string of the molecule is CCN(CC)c1ccc2nc3ccc(NN(C)c4ccc(N(C)CCCC(=O)NCCNCCNC(O)Cc5ccc(/C(N=N)=N/N)cc5)cc4)cc3[n+](-c3ccccc3)c2c1. The summed E-state index contributed by atoms with van der Waals surface area (Å²) in [6, 6.07) is 38.9. The van der Waals surface area contributed by atoms with E-state index in [9.17, 15) is 9.90 Å². The van der Waals surface area contributed by atoms with Crippen LogP contribution in [0.4, 0.5) is 22.7 Å². The molecule has 1 heterocycles. The van der Waals surface area contributed by atoms with E-state index in [-0.39, 0.29) is 11.7 Å². The normalized spacial score (nSPS) is 12.0. The number of hydrazone groups is 1. The molecule has 15 heteroatoms. The average Bonchev–Trinajstić information content (AvgIpc) is 3.29. The van der Waals surface area contributed by atoms with Crippen molar-refractivity contribution in [2.45, 2.75) is 39.3 Å². The summed E-state index contributed by atoms with van der Waals surface area (Å²) in [7, 11) is 4.06. The number of amidine groups is 1. The Morgan fingerprint density at radius 3 is 2.18 bits per heavy atom. The first-order valence-corrected chi connectivity index (χ1v) is 21.3. The molecule has 6 rings (SSSR count). The summed E-state index contributed by atoms with van der Waals surface area (Å²) in [4.78, 5) is 22.1. The van der Waals surface area contributed by atoms with Crippen molar-refractivity contribution in [3.05, 3.63) is 126 Å². The van der Waals surface area contributed by atoms with E-state index >= 15 is 0 Å². The van der Waals surface area contributed by atoms with E-state index in [0.29, 0.717) is 44.6 Å². The summed E-state index contributed by atoms with van der Waals surface area (Å²) in [6.45, 7) is 9.36. The number of fused-ring (bicyclic) bond motifs is 2. The lowest BCUT2D eigenvalue weighted by molar-refractivity contribution is -0.538. The van der Waals surface area contributed by atoms with Crippen LogP contribution in [0, 0.1) is 5.53 Å². The van der Waals surface area contributed by atoms with E-state index in [4.69, 9.17) is 16.4 Å². The Hall–Kier alpha value is -6.68. The minimum atomic E-state index is -0.706. The molecule has 324 valence electrons. The number of para-hydroxylation sites is 1. The topological polar surface area (TPSA) is 187 Å². The van der Waals surface area contributed by atoms with Crippen molar-refractivity contribution in [3.8, 4) is 5.69 Å². The third kappa shape index (κ3) is 11.8. The van der Waals surface area contributed by atoms with Gasteiger partial charge in [-0.3, -0.25) is 20.5 Å². The summed E-state index contributed by atoms with van der Waals surface area (Å²) in [6.07, 6.45) is 0.900. The number of carbonyl (C=O) groups excluding carboxylic acids is 1. The number of nitrogens with zero attached hydrogens (tertiary/aromatic N) is 7. The van der Waals surface area contributed by atoms with Gasteiger partial charge in [0.1, 0.15) is 17.3 Å². The van der Waals surface area contributed by atoms with Gasteiger partial charge in [-0.25, -0.2) is 10.5 Å². The summed E-state index contributed by atoms with van der Waals surface area (Å²) in [5.41, 5.74) is 21.5. The Balaban J connectivity index is 0.932. The largest absolute Gasteiger partial charge is 0.378 e. The highest BCUT2D eigenvalue weighted by Crippen LogP contribution is 2.26. The molecule has 0 aliphatic heterocycles. The Labute approximate surface area is 364 Å². The molecule has 5 aromatic carbocycles. The predicted molar refractivity (Wildman–Crippen MR) is 251 cm³/mol. The van der Waals surface area contributed by atoms with Crippen LogP contribution in [0.3, 0.4) is 0 Å². The molecule has 0 bridgehead atoms. The van der Waals surface area contributed by atoms with E-state index in [1.165, 1.54) is 5.69 Å². The highest BCUT2D eigenvalue weighted by Gasteiger charge is 2.21. The van der Waals surface area contributed by atoms with Crippen LogP contribution < -0.4 is 46.6 Å². The number of aliphatic hydroxyl groups is 1. The van der Waals surface area contributed by atoms with Crippen LogP contribution in [-0.2, 0) is 11.2 Å². The van der Waals surface area contributed by atoms with Gasteiger partial charge >= 0.3 is 0 Å². The second-order valence-electron chi connectivity index (χ2n) is 15.1. The maximum absolute atomic E-state index is 12.5. The molecular weight excluding hydrogens is 779 g/mol. The number of amides is 1. The Morgan fingerprint density at radius 1 is 0.823 bits per heavy atom. The third-order valence-electron chi connectivity index (χ3n) is 10.8. The molecule has 62 heavy (non-hydrogen) atoms. The molecule has 1 amide bonds. The zero-order valence-corrected chi connectivity index (χ0v) is 36.2. The fraction of sp³-hybridized carbons (Fsp3) is 0.319. The van der Waals surface area contributed by atoms with E-state index in [2.05, 4.69) is 145 Å². The first-order valence-electron chi connectivity index (χ1n) is 21.3. The lowest BCUT2D eigenvalue weighted by Gasteiger charge is -2.24. The van der Waals surface area contributed by atoms with Gasteiger partial charge in [-0.2, -0.15) is 5.10 Å². The number of hydrogen-bond acceptors (Lipinski definition) is 12. The highest BCUT2D eigenvalue weighted by atomic mass is 16.3. The molecule has 0 spiro atoms. The number of aromatic nitrogens is 2. The fourth-order valence-electron chi connectivity index (χ4n) is 7.43. The highest BCUT2D eigenvalue weighted by molar-refractivity contribution is 5.98. The third-order valence-corrected chi connectivity index (χ3v) is 10.8. The van der Waals surface area contributed by atoms with Gasteiger partial charge in [0, 0.05) is 114 Å². The van der Waals surface area contributed by atoms with Gasteiger partial charge in [-0.15, -0.1) is 9.68 Å². The van der Waals surface area contributed by atoms with Gasteiger partial charge in [-0.05, 0) is 74.4 Å². The van der Waals surface area contributed by atoms with Crippen molar-refractivity contribution < 1.29 is 14.5 Å². The van der Waals surface area contributed by atoms with Gasteiger partial charge < -0.3 is 31.4 Å². The number of anilines is 4. The Morgan fingerprint density at radius 2 is 1.48 bits per heavy atom. The van der Waals surface area contributed by atoms with Gasteiger partial charge in [0.2, 0.25) is 22.6 Å². The van der Waals surface area contributed by atoms with Gasteiger partial charge in [-0.1, -0.05) is 42.5 Å². The number of carbonyl (C=O) groups is 1. The van der Waals surface area contributed by atoms with Crippen molar-refractivity contribution in [3.63, 3.8) is 0 Å². The van der Waals surface area contributed by atoms with E-state index in [0.717, 1.165) is 76.4 Å². The summed E-state index contributed by atoms with van der Waals surface area (Å²) in [5, 5.41) is 28.5. The maximum Gasteiger partial charge on any atom is 0.239 e. The molecule has 0 saturated heterocycles. The van der Waals surface area contributed by atoms with Crippen LogP contribution in [-0.4, -0.2) is 88.0 Å². The van der Waals surface area contributed by atoms with Crippen LogP contribution >= 0.6 is 0 Å². The van der Waals surface area contributed by atoms with E-state index in [1.807, 2.05) is 37.3 Å². The van der Waals surface area contributed by atoms with Gasteiger partial charge in [0.15, 0.2) is 5.84 Å². The lowest BCUT2D eigenvalue weighted by Crippen LogP contribution is -2.38. The molecule has 15 nitrogen and oxygen atoms in total. The van der Waals surface area contributed by atoms with Gasteiger partial charge in [0.05, 0.1) is 11.4 Å². The number of rotatable bonds is 22.